The summed E-state index contributed by atoms with van der Waals surface area (Å²) in [6, 6.07) is 7.45. The molecule has 0 unspecified atom stereocenters. The molecule has 1 aromatic rings. The molecule has 1 aliphatic rings. The average molecular weight is 234 g/mol. The number of rotatable bonds is 4. The number of ketones is 1. The first-order valence-corrected chi connectivity index (χ1v) is 6.17. The average Bonchev–Trinajstić information content (AvgIpc) is 2.39. The highest BCUT2D eigenvalue weighted by molar-refractivity contribution is 5.96. The van der Waals surface area contributed by atoms with Gasteiger partial charge in [0.1, 0.15) is 11.9 Å². The number of Topliss-reactive ketones (excluding diaryl/α,β-unsaturated/α-hetero) is 1. The predicted octanol–water partition coefficient (Wildman–Crippen LogP) is 2.84. The van der Waals surface area contributed by atoms with E-state index < -0.39 is 0 Å². The molecule has 0 radical (unpaired) electrons. The van der Waals surface area contributed by atoms with Gasteiger partial charge in [0.2, 0.25) is 0 Å². The molecule has 1 heterocycles. The van der Waals surface area contributed by atoms with Crippen molar-refractivity contribution >= 4 is 5.78 Å². The van der Waals surface area contributed by atoms with Crippen molar-refractivity contribution in [2.45, 2.75) is 32.3 Å². The first kappa shape index (κ1) is 12.1. The lowest BCUT2D eigenvalue weighted by Gasteiger charge is -2.23. The fourth-order valence-corrected chi connectivity index (χ4v) is 1.93. The van der Waals surface area contributed by atoms with Crippen LogP contribution in [0.3, 0.4) is 0 Å². The molecule has 0 bridgehead atoms. The number of hydrogen-bond donors (Lipinski definition) is 0. The van der Waals surface area contributed by atoms with E-state index in [0.29, 0.717) is 6.42 Å². The zero-order valence-corrected chi connectivity index (χ0v) is 10.1. The molecular weight excluding hydrogens is 216 g/mol. The van der Waals surface area contributed by atoms with Crippen molar-refractivity contribution in [3.05, 3.63) is 29.8 Å². The van der Waals surface area contributed by atoms with Gasteiger partial charge in [-0.3, -0.25) is 4.79 Å². The normalized spacial score (nSPS) is 16.8. The van der Waals surface area contributed by atoms with E-state index in [4.69, 9.17) is 9.47 Å². The molecule has 0 aromatic heterocycles. The second-order valence-corrected chi connectivity index (χ2v) is 4.23. The first-order valence-electron chi connectivity index (χ1n) is 6.17. The Bertz CT molecular complexity index is 381. The van der Waals surface area contributed by atoms with Crippen LogP contribution in [0.2, 0.25) is 0 Å². The van der Waals surface area contributed by atoms with Gasteiger partial charge in [-0.2, -0.15) is 0 Å². The van der Waals surface area contributed by atoms with E-state index >= 15 is 0 Å². The van der Waals surface area contributed by atoms with Gasteiger partial charge in [-0.1, -0.05) is 19.1 Å². The van der Waals surface area contributed by atoms with E-state index in [0.717, 1.165) is 37.4 Å². The zero-order chi connectivity index (χ0) is 12.1. The predicted molar refractivity (Wildman–Crippen MR) is 65.5 cm³/mol. The Balaban J connectivity index is 2.02. The summed E-state index contributed by atoms with van der Waals surface area (Å²) in [5, 5.41) is 0. The van der Waals surface area contributed by atoms with Crippen LogP contribution in [0.15, 0.2) is 24.3 Å². The summed E-state index contributed by atoms with van der Waals surface area (Å²) in [5.74, 6) is 0.943. The fraction of sp³-hybridized carbons (Fsp3) is 0.500. The number of ether oxygens (including phenoxy) is 2. The van der Waals surface area contributed by atoms with Gasteiger partial charge in [0, 0.05) is 24.8 Å². The van der Waals surface area contributed by atoms with Crippen molar-refractivity contribution in [1.82, 2.24) is 0 Å². The van der Waals surface area contributed by atoms with Crippen molar-refractivity contribution in [1.29, 1.82) is 0 Å². The van der Waals surface area contributed by atoms with E-state index in [1.54, 1.807) is 0 Å². The van der Waals surface area contributed by atoms with Crippen LogP contribution in [0.1, 0.15) is 36.5 Å². The van der Waals surface area contributed by atoms with E-state index in [1.807, 2.05) is 31.2 Å². The van der Waals surface area contributed by atoms with E-state index in [1.165, 1.54) is 0 Å². The van der Waals surface area contributed by atoms with Crippen molar-refractivity contribution in [3.63, 3.8) is 0 Å². The van der Waals surface area contributed by atoms with Crippen molar-refractivity contribution in [2.75, 3.05) is 13.2 Å². The number of hydrogen-bond acceptors (Lipinski definition) is 3. The topological polar surface area (TPSA) is 35.5 Å². The number of benzene rings is 1. The fourth-order valence-electron chi connectivity index (χ4n) is 1.93. The van der Waals surface area contributed by atoms with Crippen LogP contribution >= 0.6 is 0 Å². The molecule has 0 spiro atoms. The number of carbonyl (C=O) groups excluding carboxylic acids is 1. The molecule has 0 atom stereocenters. The van der Waals surface area contributed by atoms with E-state index in [-0.39, 0.29) is 11.9 Å². The first-order chi connectivity index (χ1) is 8.29. The lowest BCUT2D eigenvalue weighted by molar-refractivity contribution is 0.0255. The van der Waals surface area contributed by atoms with Gasteiger partial charge < -0.3 is 9.47 Å². The molecule has 1 aromatic carbocycles. The monoisotopic (exact) mass is 234 g/mol. The van der Waals surface area contributed by atoms with Crippen molar-refractivity contribution in [3.8, 4) is 5.75 Å². The van der Waals surface area contributed by atoms with Crippen LogP contribution in [0, 0.1) is 0 Å². The third-order valence-corrected chi connectivity index (χ3v) is 2.95. The summed E-state index contributed by atoms with van der Waals surface area (Å²) in [4.78, 5) is 11.6. The van der Waals surface area contributed by atoms with E-state index in [9.17, 15) is 4.79 Å². The van der Waals surface area contributed by atoms with Gasteiger partial charge in [0.15, 0.2) is 5.78 Å². The van der Waals surface area contributed by atoms with Gasteiger partial charge in [0.25, 0.3) is 0 Å². The molecule has 3 nitrogen and oxygen atoms in total. The van der Waals surface area contributed by atoms with Crippen LogP contribution in [-0.2, 0) is 4.74 Å². The summed E-state index contributed by atoms with van der Waals surface area (Å²) in [6.07, 6.45) is 2.59. The SMILES string of the molecule is CCC(=O)c1cccc(OC2CCOCC2)c1. The molecule has 0 aliphatic carbocycles. The van der Waals surface area contributed by atoms with Crippen LogP contribution in [-0.4, -0.2) is 25.1 Å². The highest BCUT2D eigenvalue weighted by Gasteiger charge is 2.15. The Morgan fingerprint density at radius 3 is 2.88 bits per heavy atom. The smallest absolute Gasteiger partial charge is 0.162 e. The third-order valence-electron chi connectivity index (χ3n) is 2.95. The molecule has 92 valence electrons. The van der Waals surface area contributed by atoms with Crippen molar-refractivity contribution in [2.24, 2.45) is 0 Å². The van der Waals surface area contributed by atoms with Crippen LogP contribution < -0.4 is 4.74 Å². The van der Waals surface area contributed by atoms with Crippen molar-refractivity contribution < 1.29 is 14.3 Å². The maximum absolute atomic E-state index is 11.6. The second-order valence-electron chi connectivity index (χ2n) is 4.23. The van der Waals surface area contributed by atoms with Crippen LogP contribution in [0.5, 0.6) is 5.75 Å². The van der Waals surface area contributed by atoms with Gasteiger partial charge in [-0.05, 0) is 12.1 Å². The lowest BCUT2D eigenvalue weighted by Crippen LogP contribution is -2.25. The molecule has 0 amide bonds. The second kappa shape index (κ2) is 5.82. The van der Waals surface area contributed by atoms with E-state index in [2.05, 4.69) is 0 Å². The minimum Gasteiger partial charge on any atom is -0.490 e. The number of carbonyl (C=O) groups is 1. The molecule has 2 rings (SSSR count). The molecule has 0 N–H and O–H groups in total. The molecule has 3 heteroatoms. The molecule has 1 aliphatic heterocycles. The van der Waals surface area contributed by atoms with Gasteiger partial charge in [-0.25, -0.2) is 0 Å². The minimum absolute atomic E-state index is 0.155. The minimum atomic E-state index is 0.155. The summed E-state index contributed by atoms with van der Waals surface area (Å²) < 4.78 is 11.1. The highest BCUT2D eigenvalue weighted by Crippen LogP contribution is 2.19. The van der Waals surface area contributed by atoms with Crippen LogP contribution in [0.4, 0.5) is 0 Å². The Morgan fingerprint density at radius 1 is 1.41 bits per heavy atom. The summed E-state index contributed by atoms with van der Waals surface area (Å²) in [5.41, 5.74) is 0.733. The molecular formula is C14H18O3. The Hall–Kier alpha value is -1.35. The molecule has 0 saturated carbocycles. The lowest BCUT2D eigenvalue weighted by atomic mass is 10.1. The maximum atomic E-state index is 11.6. The zero-order valence-electron chi connectivity index (χ0n) is 10.1. The Labute approximate surface area is 102 Å². The highest BCUT2D eigenvalue weighted by atomic mass is 16.5. The molecule has 1 saturated heterocycles. The maximum Gasteiger partial charge on any atom is 0.162 e. The Morgan fingerprint density at radius 2 is 2.18 bits per heavy atom. The Kier molecular flexibility index (Phi) is 4.15. The summed E-state index contributed by atoms with van der Waals surface area (Å²) in [7, 11) is 0. The van der Waals surface area contributed by atoms with Gasteiger partial charge in [0.05, 0.1) is 13.2 Å². The van der Waals surface area contributed by atoms with Crippen LogP contribution in [0.25, 0.3) is 0 Å². The van der Waals surface area contributed by atoms with Gasteiger partial charge >= 0.3 is 0 Å². The largest absolute Gasteiger partial charge is 0.490 e. The standard InChI is InChI=1S/C14H18O3/c1-2-14(15)11-4-3-5-13(10-11)17-12-6-8-16-9-7-12/h3-5,10,12H,2,6-9H2,1H3. The summed E-state index contributed by atoms with van der Waals surface area (Å²) in [6.45, 7) is 3.39. The molecule has 1 fully saturated rings. The third kappa shape index (κ3) is 3.30. The summed E-state index contributed by atoms with van der Waals surface area (Å²) >= 11 is 0. The molecule has 17 heavy (non-hydrogen) atoms. The van der Waals surface area contributed by atoms with Gasteiger partial charge in [-0.15, -0.1) is 0 Å². The quantitative estimate of drug-likeness (QED) is 0.751.